The molecule has 0 spiro atoms. The van der Waals surface area contributed by atoms with Crippen LogP contribution in [0.5, 0.6) is 5.75 Å². The van der Waals surface area contributed by atoms with E-state index in [9.17, 15) is 9.90 Å². The van der Waals surface area contributed by atoms with Gasteiger partial charge in [-0.2, -0.15) is 0 Å². The van der Waals surface area contributed by atoms with Gasteiger partial charge < -0.3 is 14.6 Å². The first-order chi connectivity index (χ1) is 8.08. The van der Waals surface area contributed by atoms with Gasteiger partial charge in [0.2, 0.25) is 0 Å². The van der Waals surface area contributed by atoms with Crippen molar-refractivity contribution in [2.75, 3.05) is 7.11 Å². The van der Waals surface area contributed by atoms with Crippen LogP contribution in [0, 0.1) is 0 Å². The average molecular weight is 237 g/mol. The summed E-state index contributed by atoms with van der Waals surface area (Å²) in [4.78, 5) is 10.6. The first-order valence-corrected chi connectivity index (χ1v) is 5.62. The van der Waals surface area contributed by atoms with E-state index >= 15 is 0 Å². The second kappa shape index (κ2) is 6.37. The molecule has 0 aliphatic heterocycles. The van der Waals surface area contributed by atoms with E-state index in [1.54, 1.807) is 21.0 Å². The largest absolute Gasteiger partial charge is 0.497 e. The van der Waals surface area contributed by atoms with Crippen molar-refractivity contribution in [1.29, 1.82) is 0 Å². The molecule has 94 valence electrons. The second-order valence-corrected chi connectivity index (χ2v) is 4.08. The normalized spacial score (nSPS) is 16.0. The van der Waals surface area contributed by atoms with E-state index in [-0.39, 0.29) is 12.1 Å². The van der Waals surface area contributed by atoms with Crippen molar-refractivity contribution in [3.63, 3.8) is 0 Å². The van der Waals surface area contributed by atoms with Crippen molar-refractivity contribution in [3.8, 4) is 5.75 Å². The van der Waals surface area contributed by atoms with Gasteiger partial charge in [-0.1, -0.05) is 12.1 Å². The summed E-state index contributed by atoms with van der Waals surface area (Å²) < 4.78 is 5.07. The van der Waals surface area contributed by atoms with Gasteiger partial charge in [-0.3, -0.25) is 5.32 Å². The summed E-state index contributed by atoms with van der Waals surface area (Å²) in [5.41, 5.74) is 0.925. The molecule has 4 nitrogen and oxygen atoms in total. The lowest BCUT2D eigenvalue weighted by molar-refractivity contribution is -0.109. The number of aliphatic hydroxyl groups is 1. The number of benzene rings is 1. The van der Waals surface area contributed by atoms with Crippen LogP contribution in [0.15, 0.2) is 24.3 Å². The maximum absolute atomic E-state index is 10.6. The molecular formula is C13H19NO3. The molecule has 1 rings (SSSR count). The van der Waals surface area contributed by atoms with Gasteiger partial charge in [0.15, 0.2) is 0 Å². The van der Waals surface area contributed by atoms with E-state index in [1.165, 1.54) is 0 Å². The van der Waals surface area contributed by atoms with E-state index < -0.39 is 6.10 Å². The number of aldehydes is 1. The highest BCUT2D eigenvalue weighted by Crippen LogP contribution is 2.20. The van der Waals surface area contributed by atoms with Crippen LogP contribution >= 0.6 is 0 Å². The summed E-state index contributed by atoms with van der Waals surface area (Å²) in [6.45, 7) is 3.45. The number of methoxy groups -OCH3 is 1. The zero-order valence-corrected chi connectivity index (χ0v) is 10.4. The van der Waals surface area contributed by atoms with Crippen molar-refractivity contribution >= 4 is 6.29 Å². The number of carbonyl (C=O) groups excluding carboxylic acids is 1. The number of aliphatic hydroxyl groups excluding tert-OH is 1. The van der Waals surface area contributed by atoms with Crippen LogP contribution in [0.25, 0.3) is 0 Å². The first kappa shape index (κ1) is 13.7. The van der Waals surface area contributed by atoms with Gasteiger partial charge >= 0.3 is 0 Å². The monoisotopic (exact) mass is 237 g/mol. The minimum absolute atomic E-state index is 0.263. The highest BCUT2D eigenvalue weighted by Gasteiger charge is 2.18. The summed E-state index contributed by atoms with van der Waals surface area (Å²) in [5.74, 6) is 0.765. The van der Waals surface area contributed by atoms with Crippen LogP contribution in [-0.4, -0.2) is 30.6 Å². The molecule has 2 N–H and O–H groups in total. The number of rotatable bonds is 6. The minimum atomic E-state index is -0.578. The molecule has 0 amide bonds. The molecule has 0 bridgehead atoms. The lowest BCUT2D eigenvalue weighted by atomic mass is 10.0. The van der Waals surface area contributed by atoms with E-state index in [2.05, 4.69) is 5.32 Å². The predicted molar refractivity (Wildman–Crippen MR) is 66.1 cm³/mol. The van der Waals surface area contributed by atoms with Crippen LogP contribution in [-0.2, 0) is 4.79 Å². The van der Waals surface area contributed by atoms with Gasteiger partial charge in [0, 0.05) is 0 Å². The topological polar surface area (TPSA) is 58.6 Å². The van der Waals surface area contributed by atoms with Gasteiger partial charge in [-0.15, -0.1) is 0 Å². The first-order valence-electron chi connectivity index (χ1n) is 5.62. The summed E-state index contributed by atoms with van der Waals surface area (Å²) in [6.07, 6.45) is 0.240. The zero-order chi connectivity index (χ0) is 12.8. The molecule has 0 aliphatic carbocycles. The molecule has 0 fully saturated rings. The lowest BCUT2D eigenvalue weighted by Gasteiger charge is -2.23. The van der Waals surface area contributed by atoms with Gasteiger partial charge in [-0.25, -0.2) is 0 Å². The fourth-order valence-electron chi connectivity index (χ4n) is 1.65. The molecular weight excluding hydrogens is 218 g/mol. The summed E-state index contributed by atoms with van der Waals surface area (Å²) in [5, 5.41) is 12.8. The number of ether oxygens (including phenoxy) is 1. The Hall–Kier alpha value is -1.39. The summed E-state index contributed by atoms with van der Waals surface area (Å²) in [6, 6.07) is 6.86. The molecule has 0 saturated carbocycles. The third-order valence-electron chi connectivity index (χ3n) is 2.60. The van der Waals surface area contributed by atoms with Crippen LogP contribution in [0.2, 0.25) is 0 Å². The Kier molecular flexibility index (Phi) is 5.12. The Balaban J connectivity index is 2.85. The van der Waals surface area contributed by atoms with Crippen molar-refractivity contribution in [2.24, 2.45) is 0 Å². The van der Waals surface area contributed by atoms with Crippen LogP contribution in [0.4, 0.5) is 0 Å². The van der Waals surface area contributed by atoms with Gasteiger partial charge in [0.05, 0.1) is 25.3 Å². The van der Waals surface area contributed by atoms with Crippen LogP contribution in [0.3, 0.4) is 0 Å². The Morgan fingerprint density at radius 3 is 2.29 bits per heavy atom. The lowest BCUT2D eigenvalue weighted by Crippen LogP contribution is -2.37. The van der Waals surface area contributed by atoms with Gasteiger partial charge in [0.25, 0.3) is 0 Å². The molecule has 1 aromatic carbocycles. The molecule has 0 saturated heterocycles. The van der Waals surface area contributed by atoms with Crippen molar-refractivity contribution in [2.45, 2.75) is 32.0 Å². The molecule has 0 aromatic heterocycles. The Morgan fingerprint density at radius 1 is 1.29 bits per heavy atom. The molecule has 3 unspecified atom stereocenters. The highest BCUT2D eigenvalue weighted by molar-refractivity contribution is 5.56. The maximum Gasteiger partial charge on any atom is 0.136 e. The fraction of sp³-hybridized carbons (Fsp3) is 0.462. The third kappa shape index (κ3) is 3.84. The number of hydrogen-bond donors (Lipinski definition) is 2. The van der Waals surface area contributed by atoms with E-state index in [1.807, 2.05) is 24.3 Å². The van der Waals surface area contributed by atoms with Crippen molar-refractivity contribution in [3.05, 3.63) is 29.8 Å². The van der Waals surface area contributed by atoms with Crippen LogP contribution in [0.1, 0.15) is 25.5 Å². The van der Waals surface area contributed by atoms with E-state index in [0.717, 1.165) is 17.6 Å². The summed E-state index contributed by atoms with van der Waals surface area (Å²) in [7, 11) is 1.61. The molecule has 0 aliphatic rings. The Bertz CT molecular complexity index is 348. The molecule has 3 atom stereocenters. The zero-order valence-electron chi connectivity index (χ0n) is 10.4. The van der Waals surface area contributed by atoms with Gasteiger partial charge in [-0.05, 0) is 31.5 Å². The SMILES string of the molecule is COc1ccc(C(NC(C)C=O)C(C)O)cc1. The Morgan fingerprint density at radius 2 is 1.88 bits per heavy atom. The molecule has 0 heterocycles. The number of carbonyl (C=O) groups is 1. The van der Waals surface area contributed by atoms with Crippen molar-refractivity contribution in [1.82, 2.24) is 5.32 Å². The second-order valence-electron chi connectivity index (χ2n) is 4.08. The highest BCUT2D eigenvalue weighted by atomic mass is 16.5. The molecule has 0 radical (unpaired) electrons. The predicted octanol–water partition coefficient (Wildman–Crippen LogP) is 1.29. The minimum Gasteiger partial charge on any atom is -0.497 e. The number of nitrogens with one attached hydrogen (secondary N) is 1. The van der Waals surface area contributed by atoms with Crippen LogP contribution < -0.4 is 10.1 Å². The molecule has 17 heavy (non-hydrogen) atoms. The third-order valence-corrected chi connectivity index (χ3v) is 2.60. The average Bonchev–Trinajstić information content (AvgIpc) is 2.35. The van der Waals surface area contributed by atoms with E-state index in [4.69, 9.17) is 4.74 Å². The molecule has 1 aromatic rings. The Labute approximate surface area is 102 Å². The molecule has 4 heteroatoms. The van der Waals surface area contributed by atoms with Crippen molar-refractivity contribution < 1.29 is 14.6 Å². The smallest absolute Gasteiger partial charge is 0.136 e. The number of hydrogen-bond acceptors (Lipinski definition) is 4. The maximum atomic E-state index is 10.6. The van der Waals surface area contributed by atoms with Gasteiger partial charge in [0.1, 0.15) is 12.0 Å². The summed E-state index contributed by atoms with van der Waals surface area (Å²) >= 11 is 0. The quantitative estimate of drug-likeness (QED) is 0.732. The standard InChI is InChI=1S/C13H19NO3/c1-9(8-15)14-13(10(2)16)11-4-6-12(17-3)7-5-11/h4-10,13-14,16H,1-3H3. The van der Waals surface area contributed by atoms with E-state index in [0.29, 0.717) is 0 Å². The fourth-order valence-corrected chi connectivity index (χ4v) is 1.65.